The van der Waals surface area contributed by atoms with Crippen molar-refractivity contribution in [2.24, 2.45) is 0 Å². The molecule has 0 bridgehead atoms. The lowest BCUT2D eigenvalue weighted by atomic mass is 10.1. The molecule has 1 unspecified atom stereocenters. The Bertz CT molecular complexity index is 1250. The summed E-state index contributed by atoms with van der Waals surface area (Å²) >= 11 is 7.53. The molecule has 2 heterocycles. The Morgan fingerprint density at radius 2 is 1.90 bits per heavy atom. The van der Waals surface area contributed by atoms with Crippen LogP contribution in [0.1, 0.15) is 5.82 Å². The van der Waals surface area contributed by atoms with Crippen LogP contribution < -0.4 is 15.8 Å². The fourth-order valence-electron chi connectivity index (χ4n) is 3.29. The normalized spacial score (nSPS) is 12.1. The van der Waals surface area contributed by atoms with E-state index in [9.17, 15) is 9.59 Å². The van der Waals surface area contributed by atoms with E-state index in [0.29, 0.717) is 33.3 Å². The Labute approximate surface area is 182 Å². The number of hydrogen-bond acceptors (Lipinski definition) is 4. The van der Waals surface area contributed by atoms with Crippen molar-refractivity contribution in [2.75, 3.05) is 18.9 Å². The molecule has 4 aromatic rings. The lowest BCUT2D eigenvalue weighted by molar-refractivity contribution is -0.885. The number of H-pyrrole nitrogens is 1. The van der Waals surface area contributed by atoms with Crippen LogP contribution in [0.15, 0.2) is 64.8 Å². The molecule has 30 heavy (non-hydrogen) atoms. The van der Waals surface area contributed by atoms with Crippen LogP contribution in [0.2, 0.25) is 5.02 Å². The van der Waals surface area contributed by atoms with Crippen LogP contribution in [0.5, 0.6) is 0 Å². The van der Waals surface area contributed by atoms with Crippen molar-refractivity contribution in [1.82, 2.24) is 9.97 Å². The molecule has 2 aromatic heterocycles. The zero-order valence-electron chi connectivity index (χ0n) is 16.2. The van der Waals surface area contributed by atoms with Crippen molar-refractivity contribution in [3.05, 3.63) is 81.2 Å². The number of benzene rings is 2. The van der Waals surface area contributed by atoms with Crippen LogP contribution >= 0.6 is 22.9 Å². The van der Waals surface area contributed by atoms with E-state index in [2.05, 4.69) is 15.3 Å². The van der Waals surface area contributed by atoms with Gasteiger partial charge in [0, 0.05) is 10.9 Å². The molecule has 0 aliphatic heterocycles. The Morgan fingerprint density at radius 3 is 2.67 bits per heavy atom. The van der Waals surface area contributed by atoms with Gasteiger partial charge in [-0.3, -0.25) is 9.59 Å². The van der Waals surface area contributed by atoms with Crippen molar-refractivity contribution < 1.29 is 9.69 Å². The quantitative estimate of drug-likeness (QED) is 0.432. The van der Waals surface area contributed by atoms with E-state index in [1.807, 2.05) is 48.8 Å². The number of carbonyl (C=O) groups is 1. The summed E-state index contributed by atoms with van der Waals surface area (Å²) in [7, 11) is 1.88. The first-order chi connectivity index (χ1) is 14.5. The van der Waals surface area contributed by atoms with E-state index in [1.54, 1.807) is 18.2 Å². The minimum atomic E-state index is -0.163. The maximum atomic E-state index is 12.7. The average molecular weight is 440 g/mol. The van der Waals surface area contributed by atoms with E-state index < -0.39 is 0 Å². The highest BCUT2D eigenvalue weighted by Gasteiger charge is 2.16. The third kappa shape index (κ3) is 4.43. The molecule has 0 aliphatic carbocycles. The van der Waals surface area contributed by atoms with Crippen LogP contribution in [0.4, 0.5) is 5.69 Å². The van der Waals surface area contributed by atoms with Gasteiger partial charge < -0.3 is 15.2 Å². The van der Waals surface area contributed by atoms with Crippen LogP contribution in [0.3, 0.4) is 0 Å². The number of anilines is 1. The molecule has 0 saturated heterocycles. The van der Waals surface area contributed by atoms with Crippen LogP contribution in [-0.2, 0) is 11.3 Å². The van der Waals surface area contributed by atoms with E-state index in [-0.39, 0.29) is 18.0 Å². The zero-order chi connectivity index (χ0) is 21.1. The topological polar surface area (TPSA) is 79.3 Å². The monoisotopic (exact) mass is 439 g/mol. The number of likely N-dealkylation sites (N-methyl/N-ethyl adjacent to an activating group) is 1. The van der Waals surface area contributed by atoms with E-state index >= 15 is 0 Å². The first-order valence-corrected chi connectivity index (χ1v) is 10.7. The zero-order valence-corrected chi connectivity index (χ0v) is 17.8. The summed E-state index contributed by atoms with van der Waals surface area (Å²) in [5, 5.41) is 5.86. The molecule has 0 spiro atoms. The molecule has 152 valence electrons. The number of rotatable bonds is 6. The third-order valence-electron chi connectivity index (χ3n) is 4.66. The molecule has 0 aliphatic rings. The second kappa shape index (κ2) is 8.79. The molecular weight excluding hydrogens is 420 g/mol. The fourth-order valence-corrected chi connectivity index (χ4v) is 4.44. The van der Waals surface area contributed by atoms with Gasteiger partial charge in [-0.2, -0.15) is 0 Å². The average Bonchev–Trinajstić information content (AvgIpc) is 3.15. The van der Waals surface area contributed by atoms with Crippen molar-refractivity contribution in [2.45, 2.75) is 6.54 Å². The summed E-state index contributed by atoms with van der Waals surface area (Å²) in [5.41, 5.74) is 2.29. The van der Waals surface area contributed by atoms with Crippen molar-refractivity contribution in [3.8, 4) is 11.1 Å². The second-order valence-corrected chi connectivity index (χ2v) is 8.31. The van der Waals surface area contributed by atoms with Gasteiger partial charge in [0.15, 0.2) is 12.4 Å². The minimum absolute atomic E-state index is 0.161. The van der Waals surface area contributed by atoms with Gasteiger partial charge in [0.25, 0.3) is 11.5 Å². The Balaban J connectivity index is 1.48. The fraction of sp³-hybridized carbons (Fsp3) is 0.136. The minimum Gasteiger partial charge on any atom is -0.323 e. The Hall–Kier alpha value is -3.00. The predicted molar refractivity (Wildman–Crippen MR) is 121 cm³/mol. The first kappa shape index (κ1) is 20.3. The number of quaternary nitrogens is 1. The largest absolute Gasteiger partial charge is 0.323 e. The number of halogens is 1. The maximum Gasteiger partial charge on any atom is 0.279 e. The van der Waals surface area contributed by atoms with Gasteiger partial charge in [0.05, 0.1) is 23.1 Å². The lowest BCUT2D eigenvalue weighted by Gasteiger charge is -2.13. The molecule has 4 rings (SSSR count). The number of aromatic nitrogens is 2. The van der Waals surface area contributed by atoms with E-state index in [0.717, 1.165) is 16.0 Å². The smallest absolute Gasteiger partial charge is 0.279 e. The summed E-state index contributed by atoms with van der Waals surface area (Å²) in [4.78, 5) is 34.1. The molecule has 0 saturated carbocycles. The molecule has 0 radical (unpaired) electrons. The van der Waals surface area contributed by atoms with Gasteiger partial charge in [0.1, 0.15) is 11.4 Å². The molecule has 0 fully saturated rings. The predicted octanol–water partition coefficient (Wildman–Crippen LogP) is 2.96. The van der Waals surface area contributed by atoms with E-state index in [4.69, 9.17) is 11.6 Å². The van der Waals surface area contributed by atoms with Gasteiger partial charge in [-0.15, -0.1) is 11.3 Å². The SMILES string of the molecule is C[NH+](CC(=O)Nc1ccccc1Cl)Cc1nc2scc(-c3ccccc3)c2c(=O)[nH]1. The van der Waals surface area contributed by atoms with E-state index in [1.165, 1.54) is 11.3 Å². The number of aromatic amines is 1. The second-order valence-electron chi connectivity index (χ2n) is 7.05. The van der Waals surface area contributed by atoms with Crippen molar-refractivity contribution in [3.63, 3.8) is 0 Å². The summed E-state index contributed by atoms with van der Waals surface area (Å²) in [6, 6.07) is 16.9. The van der Waals surface area contributed by atoms with Gasteiger partial charge in [-0.25, -0.2) is 4.98 Å². The summed E-state index contributed by atoms with van der Waals surface area (Å²) in [6.07, 6.45) is 0. The number of nitrogens with one attached hydrogen (secondary N) is 3. The third-order valence-corrected chi connectivity index (χ3v) is 5.86. The number of amides is 1. The number of hydrogen-bond donors (Lipinski definition) is 3. The van der Waals surface area contributed by atoms with Crippen LogP contribution in [0.25, 0.3) is 21.3 Å². The Morgan fingerprint density at radius 1 is 1.17 bits per heavy atom. The van der Waals surface area contributed by atoms with Crippen molar-refractivity contribution in [1.29, 1.82) is 0 Å². The number of carbonyl (C=O) groups excluding carboxylic acids is 1. The highest BCUT2D eigenvalue weighted by Crippen LogP contribution is 2.30. The van der Waals surface area contributed by atoms with Gasteiger partial charge in [-0.05, 0) is 17.7 Å². The molecule has 1 amide bonds. The first-order valence-electron chi connectivity index (χ1n) is 9.43. The number of thiophene rings is 1. The molecular formula is C22H20ClN4O2S+. The van der Waals surface area contributed by atoms with Crippen LogP contribution in [-0.4, -0.2) is 29.5 Å². The van der Waals surface area contributed by atoms with Crippen LogP contribution in [0, 0.1) is 0 Å². The number of nitrogens with zero attached hydrogens (tertiary/aromatic N) is 1. The molecule has 8 heteroatoms. The summed E-state index contributed by atoms with van der Waals surface area (Å²) < 4.78 is 0. The van der Waals surface area contributed by atoms with Crippen molar-refractivity contribution >= 4 is 44.7 Å². The molecule has 6 nitrogen and oxygen atoms in total. The number of para-hydroxylation sites is 1. The molecule has 3 N–H and O–H groups in total. The standard InChI is InChI=1S/C22H19ClN4O2S/c1-27(12-19(28)24-17-10-6-5-9-16(17)23)11-18-25-21(29)20-15(13-30-22(20)26-18)14-7-3-2-4-8-14/h2-10,13H,11-12H2,1H3,(H,24,28)(H,25,26,29)/p+1. The molecule has 1 atom stereocenters. The Kier molecular flexibility index (Phi) is 5.94. The maximum absolute atomic E-state index is 12.7. The van der Waals surface area contributed by atoms with Gasteiger partial charge in [-0.1, -0.05) is 54.1 Å². The number of fused-ring (bicyclic) bond motifs is 1. The molecule has 2 aromatic carbocycles. The van der Waals surface area contributed by atoms with Gasteiger partial charge in [0.2, 0.25) is 0 Å². The summed E-state index contributed by atoms with van der Waals surface area (Å²) in [6.45, 7) is 0.631. The highest BCUT2D eigenvalue weighted by molar-refractivity contribution is 7.17. The summed E-state index contributed by atoms with van der Waals surface area (Å²) in [5.74, 6) is 0.392. The highest BCUT2D eigenvalue weighted by atomic mass is 35.5. The van der Waals surface area contributed by atoms with Gasteiger partial charge >= 0.3 is 0 Å². The lowest BCUT2D eigenvalue weighted by Crippen LogP contribution is -3.08.